The van der Waals surface area contributed by atoms with E-state index in [-0.39, 0.29) is 29.8 Å². The van der Waals surface area contributed by atoms with Gasteiger partial charge in [-0.05, 0) is 40.0 Å². The molecule has 3 atom stereocenters. The van der Waals surface area contributed by atoms with E-state index in [9.17, 15) is 9.59 Å². The first-order chi connectivity index (χ1) is 9.10. The maximum absolute atomic E-state index is 12.2. The number of hydrogen-bond donors (Lipinski definition) is 1. The van der Waals surface area contributed by atoms with Gasteiger partial charge in [0.15, 0.2) is 0 Å². The Labute approximate surface area is 121 Å². The summed E-state index contributed by atoms with van der Waals surface area (Å²) in [6.07, 6.45) is 0.801. The molecule has 2 unspecified atom stereocenters. The minimum atomic E-state index is -0.613. The molecule has 5 nitrogen and oxygen atoms in total. The van der Waals surface area contributed by atoms with Gasteiger partial charge in [0.1, 0.15) is 11.6 Å². The number of ether oxygens (including phenoxy) is 2. The summed E-state index contributed by atoms with van der Waals surface area (Å²) in [4.78, 5) is 24.3. The quantitative estimate of drug-likeness (QED) is 0.801. The molecule has 1 heterocycles. The van der Waals surface area contributed by atoms with Crippen LogP contribution in [0.3, 0.4) is 0 Å². The summed E-state index contributed by atoms with van der Waals surface area (Å²) < 4.78 is 10.8. The monoisotopic (exact) mass is 285 g/mol. The van der Waals surface area contributed by atoms with Crippen molar-refractivity contribution in [3.8, 4) is 0 Å². The second kappa shape index (κ2) is 6.57. The van der Waals surface area contributed by atoms with Crippen LogP contribution in [0.15, 0.2) is 0 Å². The highest BCUT2D eigenvalue weighted by molar-refractivity contribution is 5.86. The first kappa shape index (κ1) is 17.0. The van der Waals surface area contributed by atoms with E-state index in [1.807, 2.05) is 41.5 Å². The third-order valence-electron chi connectivity index (χ3n) is 3.19. The summed E-state index contributed by atoms with van der Waals surface area (Å²) in [6.45, 7) is 11.6. The molecule has 0 spiro atoms. The molecule has 0 saturated carbocycles. The van der Waals surface area contributed by atoms with Gasteiger partial charge in [0.05, 0.1) is 18.6 Å². The zero-order valence-electron chi connectivity index (χ0n) is 13.4. The molecule has 0 aliphatic carbocycles. The maximum atomic E-state index is 12.2. The van der Waals surface area contributed by atoms with Gasteiger partial charge in [-0.2, -0.15) is 0 Å². The minimum absolute atomic E-state index is 0.0199. The number of carbonyl (C=O) groups excluding carboxylic acids is 2. The zero-order valence-corrected chi connectivity index (χ0v) is 13.4. The molecule has 1 rings (SSSR count). The Balaban J connectivity index is 2.63. The van der Waals surface area contributed by atoms with Crippen molar-refractivity contribution in [1.82, 2.24) is 5.32 Å². The first-order valence-electron chi connectivity index (χ1n) is 7.25. The molecule has 116 valence electrons. The third kappa shape index (κ3) is 5.12. The molecule has 1 amide bonds. The fourth-order valence-corrected chi connectivity index (χ4v) is 2.13. The van der Waals surface area contributed by atoms with Crippen LogP contribution in [-0.4, -0.2) is 36.2 Å². The lowest BCUT2D eigenvalue weighted by Crippen LogP contribution is -2.49. The number of esters is 1. The van der Waals surface area contributed by atoms with Crippen LogP contribution in [-0.2, 0) is 19.1 Å². The maximum Gasteiger partial charge on any atom is 0.329 e. The third-order valence-corrected chi connectivity index (χ3v) is 3.19. The normalized spacial score (nSPS) is 24.6. The van der Waals surface area contributed by atoms with Gasteiger partial charge in [-0.1, -0.05) is 13.8 Å². The van der Waals surface area contributed by atoms with Gasteiger partial charge in [0.2, 0.25) is 5.91 Å². The van der Waals surface area contributed by atoms with Crippen molar-refractivity contribution >= 4 is 11.9 Å². The zero-order chi connectivity index (χ0) is 15.5. The summed E-state index contributed by atoms with van der Waals surface area (Å²) in [7, 11) is 0. The van der Waals surface area contributed by atoms with Crippen LogP contribution < -0.4 is 5.32 Å². The minimum Gasteiger partial charge on any atom is -0.458 e. The van der Waals surface area contributed by atoms with E-state index in [1.165, 1.54) is 0 Å². The lowest BCUT2D eigenvalue weighted by molar-refractivity contribution is -0.160. The summed E-state index contributed by atoms with van der Waals surface area (Å²) in [5.41, 5.74) is -0.556. The number of rotatable bonds is 4. The molecule has 1 saturated heterocycles. The fraction of sp³-hybridized carbons (Fsp3) is 0.867. The molecule has 1 fully saturated rings. The van der Waals surface area contributed by atoms with Crippen LogP contribution in [0.5, 0.6) is 0 Å². The molecule has 20 heavy (non-hydrogen) atoms. The van der Waals surface area contributed by atoms with E-state index in [4.69, 9.17) is 9.47 Å². The molecule has 1 aliphatic rings. The van der Waals surface area contributed by atoms with Gasteiger partial charge in [-0.3, -0.25) is 4.79 Å². The number of hydrogen-bond acceptors (Lipinski definition) is 4. The topological polar surface area (TPSA) is 64.6 Å². The summed E-state index contributed by atoms with van der Waals surface area (Å²) in [5.74, 6) is -0.700. The Morgan fingerprint density at radius 3 is 2.30 bits per heavy atom. The van der Waals surface area contributed by atoms with Crippen LogP contribution in [0.2, 0.25) is 0 Å². The average molecular weight is 285 g/mol. The highest BCUT2D eigenvalue weighted by Gasteiger charge is 2.34. The van der Waals surface area contributed by atoms with E-state index in [0.717, 1.165) is 0 Å². The van der Waals surface area contributed by atoms with Crippen molar-refractivity contribution in [2.24, 2.45) is 11.8 Å². The van der Waals surface area contributed by atoms with Crippen LogP contribution in [0, 0.1) is 11.8 Å². The fourth-order valence-electron chi connectivity index (χ4n) is 2.13. The Morgan fingerprint density at radius 1 is 1.30 bits per heavy atom. The smallest absolute Gasteiger partial charge is 0.329 e. The Bertz CT molecular complexity index is 359. The van der Waals surface area contributed by atoms with Gasteiger partial charge in [0, 0.05) is 0 Å². The Kier molecular flexibility index (Phi) is 5.57. The van der Waals surface area contributed by atoms with Gasteiger partial charge >= 0.3 is 5.97 Å². The lowest BCUT2D eigenvalue weighted by Gasteiger charge is -2.27. The summed E-state index contributed by atoms with van der Waals surface area (Å²) >= 11 is 0. The van der Waals surface area contributed by atoms with Gasteiger partial charge < -0.3 is 14.8 Å². The van der Waals surface area contributed by atoms with Gasteiger partial charge in [-0.15, -0.1) is 0 Å². The van der Waals surface area contributed by atoms with Crippen molar-refractivity contribution in [3.05, 3.63) is 0 Å². The molecular formula is C15H27NO4. The van der Waals surface area contributed by atoms with Crippen LogP contribution in [0.1, 0.15) is 48.0 Å². The first-order valence-corrected chi connectivity index (χ1v) is 7.25. The Morgan fingerprint density at radius 2 is 1.90 bits per heavy atom. The average Bonchev–Trinajstić information content (AvgIpc) is 2.69. The van der Waals surface area contributed by atoms with Gasteiger partial charge in [0.25, 0.3) is 0 Å². The molecular weight excluding hydrogens is 258 g/mol. The predicted octanol–water partition coefficient (Wildman–Crippen LogP) is 1.89. The van der Waals surface area contributed by atoms with Crippen molar-refractivity contribution in [2.75, 3.05) is 6.61 Å². The second-order valence-electron chi connectivity index (χ2n) is 6.84. The van der Waals surface area contributed by atoms with Crippen LogP contribution in [0.4, 0.5) is 0 Å². The van der Waals surface area contributed by atoms with E-state index in [0.29, 0.717) is 13.0 Å². The van der Waals surface area contributed by atoms with Gasteiger partial charge in [-0.25, -0.2) is 4.79 Å². The van der Waals surface area contributed by atoms with E-state index in [1.54, 1.807) is 0 Å². The van der Waals surface area contributed by atoms with Crippen molar-refractivity contribution < 1.29 is 19.1 Å². The Hall–Kier alpha value is -1.10. The van der Waals surface area contributed by atoms with Crippen molar-refractivity contribution in [3.63, 3.8) is 0 Å². The largest absolute Gasteiger partial charge is 0.458 e. The van der Waals surface area contributed by atoms with E-state index >= 15 is 0 Å². The predicted molar refractivity (Wildman–Crippen MR) is 76.1 cm³/mol. The molecule has 0 aromatic heterocycles. The molecule has 0 aromatic rings. The SMILES string of the molecule is CC1CC(C(=O)N[C@@H](C(=O)OC(C)(C)C)C(C)C)CO1. The molecule has 0 aromatic carbocycles. The summed E-state index contributed by atoms with van der Waals surface area (Å²) in [5, 5.41) is 2.81. The number of amides is 1. The molecule has 1 aliphatic heterocycles. The lowest BCUT2D eigenvalue weighted by atomic mass is 10.0. The molecule has 5 heteroatoms. The van der Waals surface area contributed by atoms with E-state index in [2.05, 4.69) is 5.32 Å². The number of carbonyl (C=O) groups is 2. The number of nitrogens with one attached hydrogen (secondary N) is 1. The van der Waals surface area contributed by atoms with Crippen LogP contribution >= 0.6 is 0 Å². The second-order valence-corrected chi connectivity index (χ2v) is 6.84. The summed E-state index contributed by atoms with van der Waals surface area (Å²) in [6, 6.07) is -0.613. The van der Waals surface area contributed by atoms with Crippen molar-refractivity contribution in [1.29, 1.82) is 0 Å². The highest BCUT2D eigenvalue weighted by Crippen LogP contribution is 2.20. The molecule has 0 bridgehead atoms. The standard InChI is InChI=1S/C15H27NO4/c1-9(2)12(14(18)20-15(4,5)6)16-13(17)11-7-10(3)19-8-11/h9-12H,7-8H2,1-6H3,(H,16,17)/t10?,11?,12-/m1/s1. The van der Waals surface area contributed by atoms with Crippen LogP contribution in [0.25, 0.3) is 0 Å². The molecule has 1 N–H and O–H groups in total. The van der Waals surface area contributed by atoms with Crippen molar-refractivity contribution in [2.45, 2.75) is 65.7 Å². The van der Waals surface area contributed by atoms with E-state index < -0.39 is 11.6 Å². The molecule has 0 radical (unpaired) electrons. The highest BCUT2D eigenvalue weighted by atomic mass is 16.6.